The molecule has 3 N–H and O–H groups in total. The zero-order chi connectivity index (χ0) is 25.1. The highest BCUT2D eigenvalue weighted by Crippen LogP contribution is 2.44. The molecule has 180 valence electrons. The first-order valence-corrected chi connectivity index (χ1v) is 11.5. The van der Waals surface area contributed by atoms with Crippen molar-refractivity contribution >= 4 is 23.7 Å². The van der Waals surface area contributed by atoms with Gasteiger partial charge in [-0.1, -0.05) is 48.5 Å². The monoisotopic (exact) mass is 472 g/mol. The Labute approximate surface area is 204 Å². The summed E-state index contributed by atoms with van der Waals surface area (Å²) in [5, 5.41) is 14.6. The molecule has 1 aliphatic rings. The fourth-order valence-corrected chi connectivity index (χ4v) is 4.32. The van der Waals surface area contributed by atoms with Crippen molar-refractivity contribution in [1.29, 1.82) is 0 Å². The molecule has 0 aromatic heterocycles. The van der Waals surface area contributed by atoms with Crippen LogP contribution in [0.5, 0.6) is 0 Å². The maximum absolute atomic E-state index is 12.6. The lowest BCUT2D eigenvalue weighted by Gasteiger charge is -2.18. The molecule has 0 fully saturated rings. The van der Waals surface area contributed by atoms with Crippen LogP contribution >= 0.6 is 0 Å². The van der Waals surface area contributed by atoms with E-state index in [4.69, 9.17) is 9.84 Å². The highest BCUT2D eigenvalue weighted by molar-refractivity contribution is 5.96. The Balaban J connectivity index is 1.39. The SMILES string of the molecule is Cc1cc(C(=O)NC(C)C(C)C(=O)O)ccc1NC(=O)OCC1c2ccccc2-c2ccccc21. The van der Waals surface area contributed by atoms with Crippen LogP contribution < -0.4 is 10.6 Å². The van der Waals surface area contributed by atoms with E-state index in [9.17, 15) is 14.4 Å². The number of rotatable bonds is 7. The first kappa shape index (κ1) is 24.0. The molecule has 0 bridgehead atoms. The van der Waals surface area contributed by atoms with E-state index >= 15 is 0 Å². The molecular weight excluding hydrogens is 444 g/mol. The summed E-state index contributed by atoms with van der Waals surface area (Å²) >= 11 is 0. The molecule has 7 heteroatoms. The van der Waals surface area contributed by atoms with Gasteiger partial charge in [0.2, 0.25) is 0 Å². The van der Waals surface area contributed by atoms with Crippen molar-refractivity contribution in [2.45, 2.75) is 32.7 Å². The Morgan fingerprint density at radius 1 is 0.943 bits per heavy atom. The van der Waals surface area contributed by atoms with Gasteiger partial charge in [-0.05, 0) is 66.8 Å². The van der Waals surface area contributed by atoms with Gasteiger partial charge in [0.05, 0.1) is 5.92 Å². The van der Waals surface area contributed by atoms with Crippen LogP contribution in [0.3, 0.4) is 0 Å². The smallest absolute Gasteiger partial charge is 0.411 e. The number of carbonyl (C=O) groups excluding carboxylic acids is 2. The van der Waals surface area contributed by atoms with E-state index in [1.54, 1.807) is 39.0 Å². The maximum Gasteiger partial charge on any atom is 0.411 e. The van der Waals surface area contributed by atoms with Crippen LogP contribution in [0, 0.1) is 12.8 Å². The number of aliphatic carboxylic acids is 1. The number of carbonyl (C=O) groups is 3. The molecule has 3 aromatic rings. The van der Waals surface area contributed by atoms with Gasteiger partial charge in [0.15, 0.2) is 0 Å². The van der Waals surface area contributed by atoms with E-state index in [0.717, 1.165) is 22.3 Å². The summed E-state index contributed by atoms with van der Waals surface area (Å²) in [5.74, 6) is -2.09. The van der Waals surface area contributed by atoms with Gasteiger partial charge in [-0.2, -0.15) is 0 Å². The molecular formula is C28H28N2O5. The third-order valence-electron chi connectivity index (χ3n) is 6.57. The van der Waals surface area contributed by atoms with Gasteiger partial charge in [0, 0.05) is 23.2 Å². The molecule has 4 rings (SSSR count). The first-order chi connectivity index (χ1) is 16.8. The van der Waals surface area contributed by atoms with Crippen molar-refractivity contribution in [1.82, 2.24) is 5.32 Å². The summed E-state index contributed by atoms with van der Waals surface area (Å²) in [6, 6.07) is 20.6. The van der Waals surface area contributed by atoms with Gasteiger partial charge < -0.3 is 15.2 Å². The van der Waals surface area contributed by atoms with Crippen molar-refractivity contribution in [2.75, 3.05) is 11.9 Å². The van der Waals surface area contributed by atoms with E-state index in [1.807, 2.05) is 24.3 Å². The molecule has 35 heavy (non-hydrogen) atoms. The van der Waals surface area contributed by atoms with Crippen LogP contribution in [0.4, 0.5) is 10.5 Å². The molecule has 1 aliphatic carbocycles. The standard InChI is InChI=1S/C28H28N2O5/c1-16-14-19(26(31)29-18(3)17(2)27(32)33)12-13-25(16)30-28(34)35-15-24-22-10-6-4-8-20(22)21-9-5-7-11-23(21)24/h4-14,17-18,24H,15H2,1-3H3,(H,29,31)(H,30,34)(H,32,33). The predicted molar refractivity (Wildman–Crippen MR) is 134 cm³/mol. The fraction of sp³-hybridized carbons (Fsp3) is 0.250. The highest BCUT2D eigenvalue weighted by atomic mass is 16.5. The number of anilines is 1. The maximum atomic E-state index is 12.6. The van der Waals surface area contributed by atoms with Crippen LogP contribution in [0.15, 0.2) is 66.7 Å². The quantitative estimate of drug-likeness (QED) is 0.439. The number of nitrogens with one attached hydrogen (secondary N) is 2. The Hall–Kier alpha value is -4.13. The van der Waals surface area contributed by atoms with Crippen molar-refractivity contribution in [2.24, 2.45) is 5.92 Å². The van der Waals surface area contributed by atoms with Gasteiger partial charge in [0.25, 0.3) is 5.91 Å². The lowest BCUT2D eigenvalue weighted by atomic mass is 9.98. The average Bonchev–Trinajstić information content (AvgIpc) is 3.17. The second-order valence-electron chi connectivity index (χ2n) is 8.87. The summed E-state index contributed by atoms with van der Waals surface area (Å²) in [5.41, 5.74) is 6.20. The van der Waals surface area contributed by atoms with E-state index in [0.29, 0.717) is 16.8 Å². The number of ether oxygens (including phenoxy) is 1. The highest BCUT2D eigenvalue weighted by Gasteiger charge is 2.29. The largest absolute Gasteiger partial charge is 0.481 e. The molecule has 2 amide bonds. The number of carboxylic acids is 1. The minimum absolute atomic E-state index is 0.0319. The second kappa shape index (κ2) is 10.0. The average molecular weight is 473 g/mol. The van der Waals surface area contributed by atoms with Gasteiger partial charge in [-0.25, -0.2) is 4.79 Å². The topological polar surface area (TPSA) is 105 Å². The molecule has 0 spiro atoms. The Morgan fingerprint density at radius 2 is 1.54 bits per heavy atom. The molecule has 0 heterocycles. The van der Waals surface area contributed by atoms with Crippen LogP contribution in [0.1, 0.15) is 46.8 Å². The van der Waals surface area contributed by atoms with Crippen molar-refractivity contribution in [3.63, 3.8) is 0 Å². The number of fused-ring (bicyclic) bond motifs is 3. The molecule has 7 nitrogen and oxygen atoms in total. The summed E-state index contributed by atoms with van der Waals surface area (Å²) in [4.78, 5) is 36.2. The van der Waals surface area contributed by atoms with Crippen LogP contribution in [0.25, 0.3) is 11.1 Å². The zero-order valence-electron chi connectivity index (χ0n) is 19.9. The van der Waals surface area contributed by atoms with Crippen molar-refractivity contribution < 1.29 is 24.2 Å². The predicted octanol–water partition coefficient (Wildman–Crippen LogP) is 5.20. The van der Waals surface area contributed by atoms with Crippen LogP contribution in [0.2, 0.25) is 0 Å². The van der Waals surface area contributed by atoms with Crippen molar-refractivity contribution in [3.05, 3.63) is 89.0 Å². The number of carboxylic acid groups (broad SMARTS) is 1. The summed E-state index contributed by atoms with van der Waals surface area (Å²) < 4.78 is 5.59. The van der Waals surface area contributed by atoms with Crippen LogP contribution in [-0.4, -0.2) is 35.7 Å². The summed E-state index contributed by atoms with van der Waals surface area (Å²) in [7, 11) is 0. The lowest BCUT2D eigenvalue weighted by Crippen LogP contribution is -2.40. The minimum atomic E-state index is -0.975. The minimum Gasteiger partial charge on any atom is -0.481 e. The number of benzene rings is 3. The van der Waals surface area contributed by atoms with Crippen LogP contribution in [-0.2, 0) is 9.53 Å². The summed E-state index contributed by atoms with van der Waals surface area (Å²) in [6.07, 6.45) is -0.573. The third-order valence-corrected chi connectivity index (χ3v) is 6.57. The Morgan fingerprint density at radius 3 is 2.11 bits per heavy atom. The molecule has 2 unspecified atom stereocenters. The molecule has 3 aromatic carbocycles. The molecule has 0 radical (unpaired) electrons. The molecule has 0 aliphatic heterocycles. The zero-order valence-corrected chi connectivity index (χ0v) is 19.9. The van der Waals surface area contributed by atoms with E-state index in [2.05, 4.69) is 34.9 Å². The normalized spacial score (nSPS) is 13.8. The number of amides is 2. The lowest BCUT2D eigenvalue weighted by molar-refractivity contribution is -0.141. The Kier molecular flexibility index (Phi) is 6.87. The fourth-order valence-electron chi connectivity index (χ4n) is 4.32. The van der Waals surface area contributed by atoms with E-state index in [-0.39, 0.29) is 18.4 Å². The Bertz CT molecular complexity index is 1240. The van der Waals surface area contributed by atoms with Gasteiger partial charge in [-0.3, -0.25) is 14.9 Å². The van der Waals surface area contributed by atoms with Crippen molar-refractivity contribution in [3.8, 4) is 11.1 Å². The summed E-state index contributed by atoms with van der Waals surface area (Å²) in [6.45, 7) is 5.18. The molecule has 0 saturated carbocycles. The number of aryl methyl sites for hydroxylation is 1. The van der Waals surface area contributed by atoms with Gasteiger partial charge in [-0.15, -0.1) is 0 Å². The molecule has 0 saturated heterocycles. The number of hydrogen-bond acceptors (Lipinski definition) is 4. The molecule has 2 atom stereocenters. The van der Waals surface area contributed by atoms with E-state index in [1.165, 1.54) is 0 Å². The number of hydrogen-bond donors (Lipinski definition) is 3. The van der Waals surface area contributed by atoms with E-state index < -0.39 is 24.0 Å². The van der Waals surface area contributed by atoms with Gasteiger partial charge in [0.1, 0.15) is 6.61 Å². The van der Waals surface area contributed by atoms with Gasteiger partial charge >= 0.3 is 12.1 Å². The second-order valence-corrected chi connectivity index (χ2v) is 8.87. The third kappa shape index (κ3) is 5.04. The first-order valence-electron chi connectivity index (χ1n) is 11.5.